The van der Waals surface area contributed by atoms with Gasteiger partial charge in [0.15, 0.2) is 0 Å². The lowest BCUT2D eigenvalue weighted by Gasteiger charge is -2.22. The molecule has 1 amide bonds. The molecule has 0 bridgehead atoms. The normalized spacial score (nSPS) is 25.9. The van der Waals surface area contributed by atoms with Crippen molar-refractivity contribution in [2.75, 3.05) is 11.4 Å². The van der Waals surface area contributed by atoms with Crippen molar-refractivity contribution in [3.05, 3.63) is 17.0 Å². The van der Waals surface area contributed by atoms with Crippen LogP contribution in [0.15, 0.2) is 11.4 Å². The van der Waals surface area contributed by atoms with Crippen LogP contribution < -0.4 is 10.6 Å². The molecule has 3 nitrogen and oxygen atoms in total. The first-order chi connectivity index (χ1) is 7.09. The fraction of sp³-hybridized carbons (Fsp3) is 0.545. The number of thiophene rings is 1. The number of hydrogen-bond donors (Lipinski definition) is 1. The Labute approximate surface area is 93.9 Å². The summed E-state index contributed by atoms with van der Waals surface area (Å²) in [5, 5.41) is 2.98. The van der Waals surface area contributed by atoms with Crippen molar-refractivity contribution in [2.45, 2.75) is 26.3 Å². The summed E-state index contributed by atoms with van der Waals surface area (Å²) in [5.41, 5.74) is 6.02. The quantitative estimate of drug-likeness (QED) is 0.836. The third kappa shape index (κ3) is 1.86. The molecule has 2 N–H and O–H groups in total. The van der Waals surface area contributed by atoms with Crippen molar-refractivity contribution in [1.82, 2.24) is 0 Å². The predicted molar refractivity (Wildman–Crippen MR) is 63.4 cm³/mol. The SMILES string of the molecule is CC1CC(C)N(c2sccc2C(N)=O)C1. The van der Waals surface area contributed by atoms with Gasteiger partial charge in [-0.1, -0.05) is 6.92 Å². The molecule has 2 unspecified atom stereocenters. The molecule has 1 saturated heterocycles. The Kier molecular flexibility index (Phi) is 2.69. The third-order valence-corrected chi connectivity index (χ3v) is 3.90. The summed E-state index contributed by atoms with van der Waals surface area (Å²) in [6, 6.07) is 2.33. The van der Waals surface area contributed by atoms with Gasteiger partial charge in [-0.2, -0.15) is 0 Å². The van der Waals surface area contributed by atoms with Crippen LogP contribution in [-0.4, -0.2) is 18.5 Å². The molecule has 2 atom stereocenters. The minimum Gasteiger partial charge on any atom is -0.366 e. The molecular weight excluding hydrogens is 208 g/mol. The van der Waals surface area contributed by atoms with Crippen LogP contribution in [0.25, 0.3) is 0 Å². The van der Waals surface area contributed by atoms with Crippen molar-refractivity contribution >= 4 is 22.2 Å². The Hall–Kier alpha value is -1.03. The van der Waals surface area contributed by atoms with Crippen LogP contribution in [0.1, 0.15) is 30.6 Å². The van der Waals surface area contributed by atoms with Crippen LogP contribution in [0.2, 0.25) is 0 Å². The number of nitrogens with two attached hydrogens (primary N) is 1. The summed E-state index contributed by atoms with van der Waals surface area (Å²) >= 11 is 1.61. The molecule has 0 saturated carbocycles. The van der Waals surface area contributed by atoms with Crippen molar-refractivity contribution in [1.29, 1.82) is 0 Å². The lowest BCUT2D eigenvalue weighted by Crippen LogP contribution is -2.28. The minimum absolute atomic E-state index is 0.321. The Bertz CT molecular complexity index is 374. The molecule has 1 aliphatic heterocycles. The van der Waals surface area contributed by atoms with E-state index in [4.69, 9.17) is 5.73 Å². The van der Waals surface area contributed by atoms with Gasteiger partial charge in [0.2, 0.25) is 0 Å². The van der Waals surface area contributed by atoms with Crippen molar-refractivity contribution in [2.24, 2.45) is 11.7 Å². The highest BCUT2D eigenvalue weighted by Crippen LogP contribution is 2.34. The average molecular weight is 224 g/mol. The number of carbonyl (C=O) groups excluding carboxylic acids is 1. The molecule has 1 fully saturated rings. The Morgan fingerprint density at radius 2 is 2.33 bits per heavy atom. The van der Waals surface area contributed by atoms with Gasteiger partial charge in [-0.3, -0.25) is 4.79 Å². The topological polar surface area (TPSA) is 46.3 Å². The van der Waals surface area contributed by atoms with E-state index in [1.54, 1.807) is 11.3 Å². The maximum absolute atomic E-state index is 11.2. The van der Waals surface area contributed by atoms with Crippen LogP contribution in [0.4, 0.5) is 5.00 Å². The van der Waals surface area contributed by atoms with Gasteiger partial charge in [0.1, 0.15) is 5.00 Å². The smallest absolute Gasteiger partial charge is 0.251 e. The van der Waals surface area contributed by atoms with E-state index in [9.17, 15) is 4.79 Å². The van der Waals surface area contributed by atoms with Crippen molar-refractivity contribution in [3.8, 4) is 0 Å². The Balaban J connectivity index is 2.29. The van der Waals surface area contributed by atoms with Crippen LogP contribution in [-0.2, 0) is 0 Å². The van der Waals surface area contributed by atoms with Gasteiger partial charge in [-0.15, -0.1) is 11.3 Å². The second kappa shape index (κ2) is 3.85. The number of hydrogen-bond acceptors (Lipinski definition) is 3. The second-order valence-corrected chi connectivity index (χ2v) is 5.24. The number of carbonyl (C=O) groups is 1. The van der Waals surface area contributed by atoms with Gasteiger partial charge in [-0.05, 0) is 30.7 Å². The lowest BCUT2D eigenvalue weighted by molar-refractivity contribution is 0.100. The first-order valence-corrected chi connectivity index (χ1v) is 6.11. The predicted octanol–water partition coefficient (Wildman–Crippen LogP) is 2.08. The Morgan fingerprint density at radius 3 is 2.87 bits per heavy atom. The van der Waals surface area contributed by atoms with Gasteiger partial charge in [0.05, 0.1) is 5.56 Å². The Morgan fingerprint density at radius 1 is 1.60 bits per heavy atom. The van der Waals surface area contributed by atoms with E-state index in [1.165, 1.54) is 6.42 Å². The molecule has 0 spiro atoms. The van der Waals surface area contributed by atoms with Crippen LogP contribution in [0, 0.1) is 5.92 Å². The minimum atomic E-state index is -0.321. The fourth-order valence-corrected chi connectivity index (χ4v) is 3.31. The molecule has 1 aromatic heterocycles. The molecule has 4 heteroatoms. The van der Waals surface area contributed by atoms with E-state index in [0.717, 1.165) is 11.5 Å². The molecule has 2 heterocycles. The zero-order valence-electron chi connectivity index (χ0n) is 9.06. The van der Waals surface area contributed by atoms with Crippen molar-refractivity contribution in [3.63, 3.8) is 0 Å². The molecule has 15 heavy (non-hydrogen) atoms. The largest absolute Gasteiger partial charge is 0.366 e. The summed E-state index contributed by atoms with van der Waals surface area (Å²) in [6.07, 6.45) is 1.19. The number of nitrogens with zero attached hydrogens (tertiary/aromatic N) is 1. The summed E-state index contributed by atoms with van der Waals surface area (Å²) in [6.45, 7) is 5.48. The van der Waals surface area contributed by atoms with Crippen LogP contribution in [0.5, 0.6) is 0 Å². The van der Waals surface area contributed by atoms with Gasteiger partial charge < -0.3 is 10.6 Å². The molecule has 0 radical (unpaired) electrons. The maximum Gasteiger partial charge on any atom is 0.251 e. The molecular formula is C11H16N2OS. The summed E-state index contributed by atoms with van der Waals surface area (Å²) < 4.78 is 0. The summed E-state index contributed by atoms with van der Waals surface area (Å²) in [7, 11) is 0. The number of rotatable bonds is 2. The molecule has 1 aliphatic rings. The number of primary amides is 1. The van der Waals surface area contributed by atoms with Gasteiger partial charge in [0, 0.05) is 12.6 Å². The first-order valence-electron chi connectivity index (χ1n) is 5.23. The van der Waals surface area contributed by atoms with Gasteiger partial charge >= 0.3 is 0 Å². The molecule has 0 aromatic carbocycles. The monoisotopic (exact) mass is 224 g/mol. The van der Waals surface area contributed by atoms with Crippen LogP contribution in [0.3, 0.4) is 0 Å². The first kappa shape index (κ1) is 10.5. The van der Waals surface area contributed by atoms with E-state index < -0.39 is 0 Å². The summed E-state index contributed by atoms with van der Waals surface area (Å²) in [4.78, 5) is 13.5. The van der Waals surface area contributed by atoms with E-state index >= 15 is 0 Å². The van der Waals surface area contributed by atoms with Crippen LogP contribution >= 0.6 is 11.3 Å². The fourth-order valence-electron chi connectivity index (χ4n) is 2.29. The molecule has 1 aromatic rings. The van der Waals surface area contributed by atoms with E-state index in [1.807, 2.05) is 11.4 Å². The lowest BCUT2D eigenvalue weighted by atomic mass is 10.1. The standard InChI is InChI=1S/C11H16N2OS/c1-7-5-8(2)13(6-7)11-9(10(12)14)3-4-15-11/h3-4,7-8H,5-6H2,1-2H3,(H2,12,14). The highest BCUT2D eigenvalue weighted by molar-refractivity contribution is 7.14. The maximum atomic E-state index is 11.2. The van der Waals surface area contributed by atoms with Gasteiger partial charge in [-0.25, -0.2) is 0 Å². The molecule has 2 rings (SSSR count). The van der Waals surface area contributed by atoms with Crippen molar-refractivity contribution < 1.29 is 4.79 Å². The van der Waals surface area contributed by atoms with E-state index in [-0.39, 0.29) is 5.91 Å². The highest BCUT2D eigenvalue weighted by Gasteiger charge is 2.29. The average Bonchev–Trinajstić information content (AvgIpc) is 2.71. The van der Waals surface area contributed by atoms with E-state index in [0.29, 0.717) is 17.5 Å². The summed E-state index contributed by atoms with van der Waals surface area (Å²) in [5.74, 6) is 0.376. The molecule has 82 valence electrons. The highest BCUT2D eigenvalue weighted by atomic mass is 32.1. The second-order valence-electron chi connectivity index (χ2n) is 4.35. The molecule has 0 aliphatic carbocycles. The zero-order chi connectivity index (χ0) is 11.0. The number of anilines is 1. The third-order valence-electron chi connectivity index (χ3n) is 2.96. The van der Waals surface area contributed by atoms with E-state index in [2.05, 4.69) is 18.7 Å². The zero-order valence-corrected chi connectivity index (χ0v) is 9.88. The number of amides is 1. The van der Waals surface area contributed by atoms with Gasteiger partial charge in [0.25, 0.3) is 5.91 Å².